The summed E-state index contributed by atoms with van der Waals surface area (Å²) in [5.41, 5.74) is 1.13. The van der Waals surface area contributed by atoms with E-state index in [-0.39, 0.29) is 13.2 Å². The van der Waals surface area contributed by atoms with Gasteiger partial charge in [0, 0.05) is 12.6 Å². The third-order valence-corrected chi connectivity index (χ3v) is 7.13. The molecule has 1 atom stereocenters. The molecule has 152 valence electrons. The highest BCUT2D eigenvalue weighted by atomic mass is 35.5. The molecule has 0 aromatic heterocycles. The van der Waals surface area contributed by atoms with Gasteiger partial charge < -0.3 is 13.9 Å². The predicted octanol–water partition coefficient (Wildman–Crippen LogP) is 6.89. The summed E-state index contributed by atoms with van der Waals surface area (Å²) in [6.07, 6.45) is 1.87. The summed E-state index contributed by atoms with van der Waals surface area (Å²) >= 11 is 12.2. The number of rotatable bonds is 11. The number of hydrogen-bond donors (Lipinski definition) is 0. The summed E-state index contributed by atoms with van der Waals surface area (Å²) in [6.45, 7) is 4.42. The van der Waals surface area contributed by atoms with Gasteiger partial charge in [-0.3, -0.25) is 4.57 Å². The van der Waals surface area contributed by atoms with Crippen molar-refractivity contribution in [1.82, 2.24) is 0 Å². The van der Waals surface area contributed by atoms with Gasteiger partial charge in [-0.15, -0.1) is 0 Å². The van der Waals surface area contributed by atoms with Gasteiger partial charge in [-0.1, -0.05) is 64.8 Å². The normalized spacial score (nSPS) is 13.0. The van der Waals surface area contributed by atoms with Gasteiger partial charge in [0.05, 0.1) is 28.9 Å². The molecule has 5 nitrogen and oxygen atoms in total. The Morgan fingerprint density at radius 3 is 2.32 bits per heavy atom. The Hall–Kier alpha value is -1.36. The topological polar surface area (TPSA) is 57.1 Å². The molecule has 28 heavy (non-hydrogen) atoms. The van der Waals surface area contributed by atoms with Crippen LogP contribution >= 0.6 is 30.8 Å². The maximum Gasteiger partial charge on any atom is 0.338 e. The number of oxime groups is 1. The molecular weight excluding hydrogens is 420 g/mol. The van der Waals surface area contributed by atoms with Crippen molar-refractivity contribution in [2.24, 2.45) is 5.16 Å². The largest absolute Gasteiger partial charge is 0.391 e. The molecule has 0 aliphatic rings. The maximum atomic E-state index is 13.4. The zero-order chi connectivity index (χ0) is 20.4. The van der Waals surface area contributed by atoms with Crippen LogP contribution in [0.15, 0.2) is 53.7 Å². The van der Waals surface area contributed by atoms with E-state index < -0.39 is 13.3 Å². The van der Waals surface area contributed by atoms with Crippen LogP contribution in [-0.2, 0) is 25.1 Å². The van der Waals surface area contributed by atoms with E-state index in [0.717, 1.165) is 5.56 Å². The highest BCUT2D eigenvalue weighted by Crippen LogP contribution is 2.62. The Kier molecular flexibility index (Phi) is 9.49. The lowest BCUT2D eigenvalue weighted by atomic mass is 10.1. The van der Waals surface area contributed by atoms with E-state index in [0.29, 0.717) is 28.6 Å². The SMILES string of the molecule is CCOP(=O)(OCC)C(C/C=N/OCc1ccccc1)c1ccc(Cl)c(Cl)c1. The van der Waals surface area contributed by atoms with Crippen molar-refractivity contribution in [2.75, 3.05) is 13.2 Å². The average molecular weight is 444 g/mol. The van der Waals surface area contributed by atoms with Crippen LogP contribution in [0.25, 0.3) is 0 Å². The molecule has 0 heterocycles. The zero-order valence-electron chi connectivity index (χ0n) is 15.9. The van der Waals surface area contributed by atoms with Gasteiger partial charge in [0.2, 0.25) is 0 Å². The van der Waals surface area contributed by atoms with Crippen molar-refractivity contribution in [3.8, 4) is 0 Å². The first-order chi connectivity index (χ1) is 13.5. The minimum atomic E-state index is -3.44. The van der Waals surface area contributed by atoms with Crippen LogP contribution in [0.4, 0.5) is 0 Å². The van der Waals surface area contributed by atoms with Crippen LogP contribution in [0.5, 0.6) is 0 Å². The second-order valence-electron chi connectivity index (χ2n) is 5.85. The van der Waals surface area contributed by atoms with Crippen molar-refractivity contribution in [3.63, 3.8) is 0 Å². The minimum absolute atomic E-state index is 0.261. The van der Waals surface area contributed by atoms with Crippen LogP contribution in [0, 0.1) is 0 Å². The molecule has 0 fully saturated rings. The molecule has 2 aromatic carbocycles. The molecule has 1 unspecified atom stereocenters. The van der Waals surface area contributed by atoms with E-state index in [9.17, 15) is 4.57 Å². The van der Waals surface area contributed by atoms with Crippen LogP contribution < -0.4 is 0 Å². The summed E-state index contributed by atoms with van der Waals surface area (Å²) < 4.78 is 24.4. The molecule has 0 aliphatic heterocycles. The molecular formula is C20H24Cl2NO4P. The van der Waals surface area contributed by atoms with Crippen molar-refractivity contribution in [3.05, 3.63) is 69.7 Å². The Labute approximate surface area is 176 Å². The van der Waals surface area contributed by atoms with E-state index >= 15 is 0 Å². The van der Waals surface area contributed by atoms with Gasteiger partial charge in [-0.25, -0.2) is 0 Å². The lowest BCUT2D eigenvalue weighted by Gasteiger charge is -2.26. The fourth-order valence-corrected chi connectivity index (χ4v) is 4.97. The molecule has 0 bridgehead atoms. The first kappa shape index (κ1) is 22.9. The summed E-state index contributed by atoms with van der Waals surface area (Å²) in [4.78, 5) is 5.33. The Morgan fingerprint density at radius 1 is 1.04 bits per heavy atom. The Balaban J connectivity index is 2.16. The first-order valence-corrected chi connectivity index (χ1v) is 11.4. The molecule has 0 saturated heterocycles. The molecule has 0 aliphatic carbocycles. The number of nitrogens with zero attached hydrogens (tertiary/aromatic N) is 1. The maximum absolute atomic E-state index is 13.4. The van der Waals surface area contributed by atoms with Gasteiger partial charge in [0.25, 0.3) is 0 Å². The smallest absolute Gasteiger partial charge is 0.338 e. The second-order valence-corrected chi connectivity index (χ2v) is 8.88. The van der Waals surface area contributed by atoms with Crippen molar-refractivity contribution < 1.29 is 18.5 Å². The predicted molar refractivity (Wildman–Crippen MR) is 114 cm³/mol. The van der Waals surface area contributed by atoms with Gasteiger partial charge >= 0.3 is 7.60 Å². The van der Waals surface area contributed by atoms with Gasteiger partial charge in [-0.2, -0.15) is 0 Å². The number of benzene rings is 2. The molecule has 0 saturated carbocycles. The van der Waals surface area contributed by atoms with Crippen LogP contribution in [0.1, 0.15) is 37.1 Å². The molecule has 2 rings (SSSR count). The summed E-state index contributed by atoms with van der Waals surface area (Å²) in [6, 6.07) is 14.8. The minimum Gasteiger partial charge on any atom is -0.391 e. The van der Waals surface area contributed by atoms with E-state index in [4.69, 9.17) is 37.1 Å². The summed E-state index contributed by atoms with van der Waals surface area (Å²) in [5, 5.41) is 4.79. The van der Waals surface area contributed by atoms with Crippen LogP contribution in [0.2, 0.25) is 10.0 Å². The average Bonchev–Trinajstić information content (AvgIpc) is 2.68. The van der Waals surface area contributed by atoms with Crippen LogP contribution in [-0.4, -0.2) is 19.4 Å². The monoisotopic (exact) mass is 443 g/mol. The fraction of sp³-hybridized carbons (Fsp3) is 0.350. The Bertz CT molecular complexity index is 807. The highest BCUT2D eigenvalue weighted by molar-refractivity contribution is 7.54. The van der Waals surface area contributed by atoms with E-state index in [1.807, 2.05) is 30.3 Å². The standard InChI is InChI=1S/C20H24Cl2NO4P/c1-3-26-28(24,27-4-2)20(17-10-11-18(21)19(22)14-17)12-13-23-25-15-16-8-6-5-7-9-16/h5-11,13-14,20H,3-4,12,15H2,1-2H3/b23-13+. The molecule has 8 heteroatoms. The molecule has 0 N–H and O–H groups in total. The molecule has 0 spiro atoms. The van der Waals surface area contributed by atoms with Crippen molar-refractivity contribution in [2.45, 2.75) is 32.5 Å². The molecule has 0 radical (unpaired) electrons. The highest BCUT2D eigenvalue weighted by Gasteiger charge is 2.36. The fourth-order valence-electron chi connectivity index (χ4n) is 2.63. The summed E-state index contributed by atoms with van der Waals surface area (Å²) in [5.74, 6) is 0. The van der Waals surface area contributed by atoms with Gasteiger partial charge in [-0.05, 0) is 37.1 Å². The van der Waals surface area contributed by atoms with Gasteiger partial charge in [0.15, 0.2) is 0 Å². The quantitative estimate of drug-likeness (QED) is 0.215. The second kappa shape index (κ2) is 11.6. The molecule has 2 aromatic rings. The first-order valence-electron chi connectivity index (χ1n) is 9.01. The third kappa shape index (κ3) is 6.61. The third-order valence-electron chi connectivity index (χ3n) is 3.88. The van der Waals surface area contributed by atoms with E-state index in [1.54, 1.807) is 38.3 Å². The summed E-state index contributed by atoms with van der Waals surface area (Å²) in [7, 11) is -3.44. The lowest BCUT2D eigenvalue weighted by molar-refractivity contribution is 0.131. The van der Waals surface area contributed by atoms with Crippen molar-refractivity contribution >= 4 is 37.0 Å². The van der Waals surface area contributed by atoms with Gasteiger partial charge in [0.1, 0.15) is 6.61 Å². The zero-order valence-corrected chi connectivity index (χ0v) is 18.3. The number of hydrogen-bond acceptors (Lipinski definition) is 5. The van der Waals surface area contributed by atoms with Crippen LogP contribution in [0.3, 0.4) is 0 Å². The van der Waals surface area contributed by atoms with E-state index in [2.05, 4.69) is 5.16 Å². The van der Waals surface area contributed by atoms with Crippen molar-refractivity contribution in [1.29, 1.82) is 0 Å². The Morgan fingerprint density at radius 2 is 1.71 bits per heavy atom. The number of halogens is 2. The lowest BCUT2D eigenvalue weighted by Crippen LogP contribution is -2.08. The molecule has 0 amide bonds. The van der Waals surface area contributed by atoms with E-state index in [1.165, 1.54) is 0 Å².